The molecule has 0 bridgehead atoms. The van der Waals surface area contributed by atoms with Crippen LogP contribution in [-0.2, 0) is 11.8 Å². The Morgan fingerprint density at radius 3 is 2.89 bits per heavy atom. The molecule has 1 atom stereocenters. The number of carbonyl (C=O) groups excluding carboxylic acids is 1. The zero-order valence-electron chi connectivity index (χ0n) is 19.1. The van der Waals surface area contributed by atoms with Crippen LogP contribution in [0.5, 0.6) is 5.75 Å². The number of carbonyl (C=O) groups is 1. The van der Waals surface area contributed by atoms with Gasteiger partial charge < -0.3 is 19.1 Å². The Morgan fingerprint density at radius 2 is 2.06 bits per heavy atom. The minimum atomic E-state index is -0.101. The molecule has 35 heavy (non-hydrogen) atoms. The van der Waals surface area contributed by atoms with E-state index in [4.69, 9.17) is 16.3 Å². The molecule has 9 heteroatoms. The van der Waals surface area contributed by atoms with Crippen LogP contribution in [0.25, 0.3) is 32.9 Å². The lowest BCUT2D eigenvalue weighted by molar-refractivity contribution is -0.126. The fourth-order valence-corrected chi connectivity index (χ4v) is 5.46. The first-order chi connectivity index (χ1) is 17.0. The van der Waals surface area contributed by atoms with Gasteiger partial charge in [0.1, 0.15) is 18.8 Å². The number of para-hydroxylation sites is 1. The average molecular weight is 488 g/mol. The third-order valence-corrected chi connectivity index (χ3v) is 7.27. The van der Waals surface area contributed by atoms with E-state index in [0.29, 0.717) is 42.5 Å². The molecule has 0 unspecified atom stereocenters. The van der Waals surface area contributed by atoms with Crippen LogP contribution in [0.2, 0.25) is 5.02 Å². The second-order valence-corrected chi connectivity index (χ2v) is 9.16. The summed E-state index contributed by atoms with van der Waals surface area (Å²) in [6.45, 7) is 5.63. The van der Waals surface area contributed by atoms with Gasteiger partial charge in [-0.2, -0.15) is 0 Å². The number of rotatable bonds is 2. The highest BCUT2D eigenvalue weighted by Crippen LogP contribution is 2.46. The van der Waals surface area contributed by atoms with Gasteiger partial charge in [0.15, 0.2) is 5.75 Å². The summed E-state index contributed by atoms with van der Waals surface area (Å²) in [5.74, 6) is 1.17. The molecule has 0 saturated carbocycles. The molecule has 4 heterocycles. The molecular weight excluding hydrogens is 466 g/mol. The first kappa shape index (κ1) is 21.6. The third kappa shape index (κ3) is 3.28. The predicted octanol–water partition coefficient (Wildman–Crippen LogP) is 3.40. The Hall–Kier alpha value is -3.91. The molecule has 176 valence electrons. The zero-order valence-corrected chi connectivity index (χ0v) is 19.8. The van der Waals surface area contributed by atoms with E-state index in [1.807, 2.05) is 30.3 Å². The maximum Gasteiger partial charge on any atom is 0.250 e. The summed E-state index contributed by atoms with van der Waals surface area (Å²) < 4.78 is 7.95. The highest BCUT2D eigenvalue weighted by Gasteiger charge is 2.35. The van der Waals surface area contributed by atoms with Crippen molar-refractivity contribution < 1.29 is 9.53 Å². The van der Waals surface area contributed by atoms with Gasteiger partial charge in [-0.3, -0.25) is 9.59 Å². The molecule has 0 radical (unpaired) electrons. The van der Waals surface area contributed by atoms with E-state index < -0.39 is 0 Å². The quantitative estimate of drug-likeness (QED) is 0.403. The monoisotopic (exact) mass is 487 g/mol. The molecule has 2 aliphatic rings. The van der Waals surface area contributed by atoms with Crippen LogP contribution in [0.3, 0.4) is 0 Å². The number of halogens is 1. The van der Waals surface area contributed by atoms with Gasteiger partial charge >= 0.3 is 0 Å². The van der Waals surface area contributed by atoms with E-state index in [1.165, 1.54) is 6.08 Å². The summed E-state index contributed by atoms with van der Waals surface area (Å²) >= 11 is 7.03. The number of benzene rings is 2. The van der Waals surface area contributed by atoms with Crippen LogP contribution in [0, 0.1) is 0 Å². The van der Waals surface area contributed by atoms with E-state index in [-0.39, 0.29) is 17.5 Å². The van der Waals surface area contributed by atoms with Crippen molar-refractivity contribution >= 4 is 45.1 Å². The van der Waals surface area contributed by atoms with Crippen molar-refractivity contribution in [1.29, 1.82) is 0 Å². The van der Waals surface area contributed by atoms with E-state index in [9.17, 15) is 9.59 Å². The van der Waals surface area contributed by atoms with Gasteiger partial charge in [-0.1, -0.05) is 36.4 Å². The Morgan fingerprint density at radius 1 is 1.20 bits per heavy atom. The van der Waals surface area contributed by atoms with Crippen LogP contribution in [0.15, 0.2) is 60.2 Å². The minimum absolute atomic E-state index is 0.0870. The molecule has 1 saturated heterocycles. The first-order valence-electron chi connectivity index (χ1n) is 11.3. The maximum atomic E-state index is 12.4. The van der Waals surface area contributed by atoms with Crippen molar-refractivity contribution in [2.45, 2.75) is 6.04 Å². The summed E-state index contributed by atoms with van der Waals surface area (Å²) in [4.78, 5) is 37.7. The predicted molar refractivity (Wildman–Crippen MR) is 136 cm³/mol. The number of nitrogens with zero attached hydrogens (tertiary/aromatic N) is 5. The summed E-state index contributed by atoms with van der Waals surface area (Å²) in [6.07, 6.45) is 2.88. The van der Waals surface area contributed by atoms with Gasteiger partial charge in [-0.05, 0) is 23.6 Å². The molecule has 4 aromatic rings. The highest BCUT2D eigenvalue weighted by molar-refractivity contribution is 6.37. The highest BCUT2D eigenvalue weighted by atomic mass is 35.5. The number of aryl methyl sites for hydroxylation is 1. The molecule has 0 aliphatic carbocycles. The van der Waals surface area contributed by atoms with Crippen molar-refractivity contribution in [1.82, 2.24) is 19.4 Å². The van der Waals surface area contributed by atoms with Gasteiger partial charge in [-0.25, -0.2) is 9.97 Å². The van der Waals surface area contributed by atoms with E-state index in [1.54, 1.807) is 28.9 Å². The number of amides is 1. The average Bonchev–Trinajstić information content (AvgIpc) is 3.05. The number of hydrogen-bond acceptors (Lipinski definition) is 6. The normalized spacial score (nSPS) is 17.1. The second kappa shape index (κ2) is 8.09. The minimum Gasteiger partial charge on any atom is -0.489 e. The number of anilines is 1. The molecule has 2 aromatic heterocycles. The topological polar surface area (TPSA) is 80.6 Å². The Labute approximate surface area is 206 Å². The number of pyridine rings is 1. The van der Waals surface area contributed by atoms with Gasteiger partial charge in [0.2, 0.25) is 5.91 Å². The van der Waals surface area contributed by atoms with Gasteiger partial charge in [0, 0.05) is 43.9 Å². The molecule has 2 aliphatic heterocycles. The fraction of sp³-hybridized carbons (Fsp3) is 0.231. The number of piperazine rings is 1. The Bertz CT molecular complexity index is 1600. The van der Waals surface area contributed by atoms with E-state index >= 15 is 0 Å². The lowest BCUT2D eigenvalue weighted by Gasteiger charge is -2.40. The van der Waals surface area contributed by atoms with E-state index in [0.717, 1.165) is 33.2 Å². The number of ether oxygens (including phenoxy) is 1. The third-order valence-electron chi connectivity index (χ3n) is 6.89. The second-order valence-electron chi connectivity index (χ2n) is 8.78. The molecule has 1 amide bonds. The Kier molecular flexibility index (Phi) is 5.00. The molecule has 2 aromatic carbocycles. The number of fused-ring (bicyclic) bond motifs is 3. The summed E-state index contributed by atoms with van der Waals surface area (Å²) in [7, 11) is 1.75. The SMILES string of the molecule is C=CC(=O)N1CCN2c3ncnc4cc(-c5cccc6ccc(=O)n(C)c56)c(Cl)c(c34)OC[C@@H]2C1. The lowest BCUT2D eigenvalue weighted by Crippen LogP contribution is -2.56. The molecule has 6 rings (SSSR count). The molecular formula is C26H22ClN5O3. The van der Waals surface area contributed by atoms with Gasteiger partial charge in [-0.15, -0.1) is 0 Å². The number of hydrogen-bond donors (Lipinski definition) is 0. The summed E-state index contributed by atoms with van der Waals surface area (Å²) in [5.41, 5.74) is 2.93. The van der Waals surface area contributed by atoms with Gasteiger partial charge in [0.05, 0.1) is 27.5 Å². The maximum absolute atomic E-state index is 12.4. The Balaban J connectivity index is 1.55. The molecule has 8 nitrogen and oxygen atoms in total. The van der Waals surface area contributed by atoms with Crippen LogP contribution >= 0.6 is 11.6 Å². The van der Waals surface area contributed by atoms with Crippen LogP contribution in [-0.4, -0.2) is 57.6 Å². The largest absolute Gasteiger partial charge is 0.489 e. The molecule has 0 N–H and O–H groups in total. The standard InChI is InChI=1S/C26H22ClN5O3/c1-3-20(33)31-9-10-32-16(12-31)13-35-25-22-19(28-14-29-26(22)32)11-18(23(25)27)17-6-4-5-15-7-8-21(34)30(2)24(15)17/h3-8,11,14,16H,1,9-10,12-13H2,2H3/t16-/m0/s1. The first-order valence-corrected chi connectivity index (χ1v) is 11.7. The van der Waals surface area contributed by atoms with E-state index in [2.05, 4.69) is 21.4 Å². The van der Waals surface area contributed by atoms with Crippen LogP contribution < -0.4 is 15.2 Å². The van der Waals surface area contributed by atoms with Crippen molar-refractivity contribution in [3.8, 4) is 16.9 Å². The zero-order chi connectivity index (χ0) is 24.3. The van der Waals surface area contributed by atoms with Crippen molar-refractivity contribution in [3.63, 3.8) is 0 Å². The smallest absolute Gasteiger partial charge is 0.250 e. The summed E-state index contributed by atoms with van der Waals surface area (Å²) in [5, 5.41) is 2.12. The number of aromatic nitrogens is 3. The van der Waals surface area contributed by atoms with Crippen LogP contribution in [0.4, 0.5) is 5.82 Å². The van der Waals surface area contributed by atoms with Crippen molar-refractivity contribution in [2.24, 2.45) is 7.05 Å². The van der Waals surface area contributed by atoms with Crippen molar-refractivity contribution in [2.75, 3.05) is 31.1 Å². The van der Waals surface area contributed by atoms with Crippen LogP contribution in [0.1, 0.15) is 0 Å². The molecule has 0 spiro atoms. The summed E-state index contributed by atoms with van der Waals surface area (Å²) in [6, 6.07) is 11.1. The molecule has 1 fully saturated rings. The lowest BCUT2D eigenvalue weighted by atomic mass is 9.99. The fourth-order valence-electron chi connectivity index (χ4n) is 5.15. The van der Waals surface area contributed by atoms with Gasteiger partial charge in [0.25, 0.3) is 5.56 Å². The van der Waals surface area contributed by atoms with Crippen molar-refractivity contribution in [3.05, 3.63) is 70.8 Å².